The van der Waals surface area contributed by atoms with Gasteiger partial charge in [-0.05, 0) is 19.0 Å². The Morgan fingerprint density at radius 2 is 1.60 bits per heavy atom. The number of hydrogen-bond acceptors (Lipinski definition) is 2. The van der Waals surface area contributed by atoms with Crippen LogP contribution in [0.1, 0.15) is 20.8 Å². The smallest absolute Gasteiger partial charge is 0.337 e. The van der Waals surface area contributed by atoms with E-state index in [0.29, 0.717) is 0 Å². The van der Waals surface area contributed by atoms with Crippen LogP contribution in [-0.2, 0) is 8.85 Å². The molecule has 2 nitrogen and oxygen atoms in total. The Morgan fingerprint density at radius 1 is 1.10 bits per heavy atom. The molecule has 0 aliphatic heterocycles. The van der Waals surface area contributed by atoms with Crippen LogP contribution in [0.3, 0.4) is 0 Å². The molecule has 0 rings (SSSR count). The highest BCUT2D eigenvalue weighted by Crippen LogP contribution is 2.16. The molecule has 62 valence electrons. The summed E-state index contributed by atoms with van der Waals surface area (Å²) in [6, 6.07) is 2.10. The zero-order valence-corrected chi connectivity index (χ0v) is 8.44. The standard InChI is InChI=1S/C7H18O2Si/c1-5-9-10(6-2,7-3)8-4/h5-7H2,1-4H3. The highest BCUT2D eigenvalue weighted by molar-refractivity contribution is 6.67. The fraction of sp³-hybridized carbons (Fsp3) is 1.00. The highest BCUT2D eigenvalue weighted by Gasteiger charge is 2.31. The predicted molar refractivity (Wildman–Crippen MR) is 45.4 cm³/mol. The molecular weight excluding hydrogens is 144 g/mol. The van der Waals surface area contributed by atoms with Crippen molar-refractivity contribution in [3.63, 3.8) is 0 Å². The van der Waals surface area contributed by atoms with Gasteiger partial charge in [-0.2, -0.15) is 0 Å². The van der Waals surface area contributed by atoms with Gasteiger partial charge in [0.25, 0.3) is 0 Å². The van der Waals surface area contributed by atoms with Crippen molar-refractivity contribution < 1.29 is 8.85 Å². The van der Waals surface area contributed by atoms with E-state index in [1.54, 1.807) is 7.11 Å². The summed E-state index contributed by atoms with van der Waals surface area (Å²) in [5.74, 6) is 0. The second kappa shape index (κ2) is 4.88. The minimum absolute atomic E-state index is 0.780. The van der Waals surface area contributed by atoms with E-state index in [1.165, 1.54) is 0 Å². The van der Waals surface area contributed by atoms with Gasteiger partial charge in [0.2, 0.25) is 0 Å². The van der Waals surface area contributed by atoms with E-state index in [-0.39, 0.29) is 0 Å². The Labute approximate surface area is 64.8 Å². The Hall–Kier alpha value is 0.137. The van der Waals surface area contributed by atoms with Crippen LogP contribution in [0, 0.1) is 0 Å². The average molecular weight is 162 g/mol. The SMILES string of the molecule is CCO[Si](CC)(CC)OC. The zero-order chi connectivity index (χ0) is 8.04. The fourth-order valence-electron chi connectivity index (χ4n) is 1.06. The maximum Gasteiger partial charge on any atom is 0.337 e. The first-order chi connectivity index (χ1) is 4.74. The minimum atomic E-state index is -1.72. The lowest BCUT2D eigenvalue weighted by Gasteiger charge is -2.25. The van der Waals surface area contributed by atoms with Gasteiger partial charge in [-0.3, -0.25) is 0 Å². The maximum absolute atomic E-state index is 5.59. The first-order valence-electron chi connectivity index (χ1n) is 3.93. The third-order valence-corrected chi connectivity index (χ3v) is 5.57. The van der Waals surface area contributed by atoms with Crippen LogP contribution in [0.15, 0.2) is 0 Å². The molecule has 0 fully saturated rings. The normalized spacial score (nSPS) is 12.0. The highest BCUT2D eigenvalue weighted by atomic mass is 28.4. The van der Waals surface area contributed by atoms with Crippen molar-refractivity contribution in [3.8, 4) is 0 Å². The van der Waals surface area contributed by atoms with Gasteiger partial charge in [-0.1, -0.05) is 13.8 Å². The lowest BCUT2D eigenvalue weighted by atomic mass is 10.9. The molecule has 0 heterocycles. The van der Waals surface area contributed by atoms with Gasteiger partial charge < -0.3 is 8.85 Å². The van der Waals surface area contributed by atoms with Crippen LogP contribution >= 0.6 is 0 Å². The Balaban J connectivity index is 3.87. The summed E-state index contributed by atoms with van der Waals surface area (Å²) < 4.78 is 11.0. The Bertz CT molecular complexity index is 73.4. The fourth-order valence-corrected chi connectivity index (χ4v) is 3.19. The van der Waals surface area contributed by atoms with E-state index >= 15 is 0 Å². The van der Waals surface area contributed by atoms with E-state index in [1.807, 2.05) is 6.92 Å². The van der Waals surface area contributed by atoms with Crippen molar-refractivity contribution in [2.24, 2.45) is 0 Å². The quantitative estimate of drug-likeness (QED) is 0.577. The molecule has 0 radical (unpaired) electrons. The van der Waals surface area contributed by atoms with Gasteiger partial charge >= 0.3 is 8.56 Å². The van der Waals surface area contributed by atoms with E-state index in [2.05, 4.69) is 13.8 Å². The van der Waals surface area contributed by atoms with Crippen molar-refractivity contribution in [2.75, 3.05) is 13.7 Å². The molecule has 0 atom stereocenters. The molecule has 0 aliphatic carbocycles. The molecule has 0 unspecified atom stereocenters. The van der Waals surface area contributed by atoms with E-state index in [4.69, 9.17) is 8.85 Å². The average Bonchev–Trinajstić information content (AvgIpc) is 2.01. The molecule has 0 bridgehead atoms. The molecule has 0 saturated heterocycles. The first-order valence-corrected chi connectivity index (χ1v) is 6.16. The second-order valence-electron chi connectivity index (χ2n) is 2.25. The molecule has 0 N–H and O–H groups in total. The van der Waals surface area contributed by atoms with Crippen LogP contribution in [0.5, 0.6) is 0 Å². The molecule has 0 aromatic rings. The summed E-state index contributed by atoms with van der Waals surface area (Å²) in [7, 11) is 0.0414. The zero-order valence-electron chi connectivity index (χ0n) is 7.44. The predicted octanol–water partition coefficient (Wildman–Crippen LogP) is 2.15. The van der Waals surface area contributed by atoms with E-state index in [0.717, 1.165) is 18.7 Å². The van der Waals surface area contributed by atoms with Crippen molar-refractivity contribution in [3.05, 3.63) is 0 Å². The summed E-state index contributed by atoms with van der Waals surface area (Å²) >= 11 is 0. The maximum atomic E-state index is 5.59. The van der Waals surface area contributed by atoms with Gasteiger partial charge in [-0.15, -0.1) is 0 Å². The van der Waals surface area contributed by atoms with Crippen LogP contribution in [-0.4, -0.2) is 22.3 Å². The Morgan fingerprint density at radius 3 is 1.70 bits per heavy atom. The summed E-state index contributed by atoms with van der Waals surface area (Å²) in [6.07, 6.45) is 0. The van der Waals surface area contributed by atoms with Crippen molar-refractivity contribution in [1.82, 2.24) is 0 Å². The molecule has 0 saturated carbocycles. The topological polar surface area (TPSA) is 18.5 Å². The van der Waals surface area contributed by atoms with Crippen molar-refractivity contribution >= 4 is 8.56 Å². The molecular formula is C7H18O2Si. The second-order valence-corrected chi connectivity index (χ2v) is 6.19. The monoisotopic (exact) mass is 162 g/mol. The lowest BCUT2D eigenvalue weighted by Crippen LogP contribution is -2.39. The third-order valence-electron chi connectivity index (χ3n) is 1.86. The lowest BCUT2D eigenvalue weighted by molar-refractivity contribution is 0.211. The number of hydrogen-bond donors (Lipinski definition) is 0. The third kappa shape index (κ3) is 2.40. The van der Waals surface area contributed by atoms with E-state index in [9.17, 15) is 0 Å². The summed E-state index contributed by atoms with van der Waals surface area (Å²) in [6.45, 7) is 7.07. The van der Waals surface area contributed by atoms with Gasteiger partial charge in [0.1, 0.15) is 0 Å². The largest absolute Gasteiger partial charge is 0.398 e. The molecule has 10 heavy (non-hydrogen) atoms. The summed E-state index contributed by atoms with van der Waals surface area (Å²) in [5, 5.41) is 0. The van der Waals surface area contributed by atoms with E-state index < -0.39 is 8.56 Å². The van der Waals surface area contributed by atoms with Crippen LogP contribution in [0.2, 0.25) is 12.1 Å². The van der Waals surface area contributed by atoms with Crippen LogP contribution < -0.4 is 0 Å². The number of rotatable bonds is 5. The van der Waals surface area contributed by atoms with Gasteiger partial charge in [0.15, 0.2) is 0 Å². The van der Waals surface area contributed by atoms with Gasteiger partial charge in [0, 0.05) is 13.7 Å². The molecule has 0 spiro atoms. The first kappa shape index (κ1) is 10.1. The van der Waals surface area contributed by atoms with Gasteiger partial charge in [-0.25, -0.2) is 0 Å². The molecule has 3 heteroatoms. The van der Waals surface area contributed by atoms with Crippen molar-refractivity contribution in [2.45, 2.75) is 32.9 Å². The van der Waals surface area contributed by atoms with Gasteiger partial charge in [0.05, 0.1) is 0 Å². The summed E-state index contributed by atoms with van der Waals surface area (Å²) in [5.41, 5.74) is 0. The van der Waals surface area contributed by atoms with Crippen molar-refractivity contribution in [1.29, 1.82) is 0 Å². The molecule has 0 aromatic carbocycles. The Kier molecular flexibility index (Phi) is 4.94. The minimum Gasteiger partial charge on any atom is -0.398 e. The summed E-state index contributed by atoms with van der Waals surface area (Å²) in [4.78, 5) is 0. The van der Waals surface area contributed by atoms with Crippen LogP contribution in [0.25, 0.3) is 0 Å². The molecule has 0 amide bonds. The molecule has 0 aromatic heterocycles. The van der Waals surface area contributed by atoms with Crippen LogP contribution in [0.4, 0.5) is 0 Å². The molecule has 0 aliphatic rings.